The van der Waals surface area contributed by atoms with Gasteiger partial charge in [-0.2, -0.15) is 5.26 Å². The lowest BCUT2D eigenvalue weighted by Gasteiger charge is -2.07. The standard InChI is InChI=1S/C14H8F2N2O/c15-10-5-6-11(12(16)7-10)14(19)18-13-4-2-1-3-9(13)8-17/h1-7H,(H,18,19). The van der Waals surface area contributed by atoms with Gasteiger partial charge in [0.1, 0.15) is 17.7 Å². The summed E-state index contributed by atoms with van der Waals surface area (Å²) in [6.07, 6.45) is 0. The molecule has 2 rings (SSSR count). The van der Waals surface area contributed by atoms with Crippen LogP contribution in [0.1, 0.15) is 15.9 Å². The summed E-state index contributed by atoms with van der Waals surface area (Å²) >= 11 is 0. The molecule has 2 aromatic carbocycles. The van der Waals surface area contributed by atoms with Crippen molar-refractivity contribution < 1.29 is 13.6 Å². The van der Waals surface area contributed by atoms with Gasteiger partial charge in [-0.05, 0) is 24.3 Å². The number of para-hydroxylation sites is 1. The lowest BCUT2D eigenvalue weighted by molar-refractivity contribution is 0.102. The molecule has 94 valence electrons. The van der Waals surface area contributed by atoms with E-state index in [1.165, 1.54) is 12.1 Å². The van der Waals surface area contributed by atoms with Crippen LogP contribution in [0.5, 0.6) is 0 Å². The number of carbonyl (C=O) groups is 1. The molecule has 0 aliphatic carbocycles. The van der Waals surface area contributed by atoms with Gasteiger partial charge in [0, 0.05) is 6.07 Å². The Morgan fingerprint density at radius 2 is 1.89 bits per heavy atom. The van der Waals surface area contributed by atoms with Crippen LogP contribution in [0, 0.1) is 23.0 Å². The van der Waals surface area contributed by atoms with Crippen molar-refractivity contribution in [2.75, 3.05) is 5.32 Å². The van der Waals surface area contributed by atoms with E-state index in [-0.39, 0.29) is 16.8 Å². The smallest absolute Gasteiger partial charge is 0.258 e. The number of halogens is 2. The van der Waals surface area contributed by atoms with Crippen molar-refractivity contribution in [3.63, 3.8) is 0 Å². The number of hydrogen-bond donors (Lipinski definition) is 1. The summed E-state index contributed by atoms with van der Waals surface area (Å²) < 4.78 is 26.2. The Bertz CT molecular complexity index is 677. The fourth-order valence-electron chi connectivity index (χ4n) is 1.55. The van der Waals surface area contributed by atoms with Crippen molar-refractivity contribution in [2.45, 2.75) is 0 Å². The lowest BCUT2D eigenvalue weighted by atomic mass is 10.1. The number of nitrogens with zero attached hydrogens (tertiary/aromatic N) is 1. The summed E-state index contributed by atoms with van der Waals surface area (Å²) in [7, 11) is 0. The van der Waals surface area contributed by atoms with Gasteiger partial charge < -0.3 is 5.32 Å². The number of anilines is 1. The van der Waals surface area contributed by atoms with Gasteiger partial charge in [0.2, 0.25) is 0 Å². The monoisotopic (exact) mass is 258 g/mol. The molecule has 0 saturated carbocycles. The fraction of sp³-hybridized carbons (Fsp3) is 0. The van der Waals surface area contributed by atoms with Gasteiger partial charge in [-0.3, -0.25) is 4.79 Å². The van der Waals surface area contributed by atoms with E-state index in [9.17, 15) is 13.6 Å². The average molecular weight is 258 g/mol. The summed E-state index contributed by atoms with van der Waals surface area (Å²) in [6, 6.07) is 10.9. The fourth-order valence-corrected chi connectivity index (χ4v) is 1.55. The Morgan fingerprint density at radius 1 is 1.16 bits per heavy atom. The van der Waals surface area contributed by atoms with E-state index in [1.807, 2.05) is 6.07 Å². The van der Waals surface area contributed by atoms with Crippen molar-refractivity contribution in [1.29, 1.82) is 5.26 Å². The molecule has 3 nitrogen and oxygen atoms in total. The molecular weight excluding hydrogens is 250 g/mol. The highest BCUT2D eigenvalue weighted by atomic mass is 19.1. The van der Waals surface area contributed by atoms with E-state index in [0.29, 0.717) is 6.07 Å². The van der Waals surface area contributed by atoms with Crippen molar-refractivity contribution in [3.8, 4) is 6.07 Å². The maximum Gasteiger partial charge on any atom is 0.258 e. The highest BCUT2D eigenvalue weighted by Gasteiger charge is 2.13. The molecule has 0 aliphatic heterocycles. The molecule has 0 unspecified atom stereocenters. The van der Waals surface area contributed by atoms with Gasteiger partial charge in [0.05, 0.1) is 16.8 Å². The molecule has 0 radical (unpaired) electrons. The molecule has 1 N–H and O–H groups in total. The van der Waals surface area contributed by atoms with Gasteiger partial charge >= 0.3 is 0 Å². The number of hydrogen-bond acceptors (Lipinski definition) is 2. The Balaban J connectivity index is 2.29. The van der Waals surface area contributed by atoms with E-state index < -0.39 is 17.5 Å². The van der Waals surface area contributed by atoms with E-state index in [0.717, 1.165) is 12.1 Å². The van der Waals surface area contributed by atoms with E-state index in [1.54, 1.807) is 12.1 Å². The molecule has 0 bridgehead atoms. The van der Waals surface area contributed by atoms with Crippen LogP contribution in [-0.2, 0) is 0 Å². The topological polar surface area (TPSA) is 52.9 Å². The number of nitrogens with one attached hydrogen (secondary N) is 1. The Hall–Kier alpha value is -2.74. The average Bonchev–Trinajstić information content (AvgIpc) is 2.39. The van der Waals surface area contributed by atoms with Gasteiger partial charge in [-0.1, -0.05) is 12.1 Å². The zero-order valence-electron chi connectivity index (χ0n) is 9.65. The second-order valence-corrected chi connectivity index (χ2v) is 3.74. The molecule has 0 heterocycles. The molecule has 19 heavy (non-hydrogen) atoms. The molecular formula is C14H8F2N2O. The maximum atomic E-state index is 13.4. The predicted molar refractivity (Wildman–Crippen MR) is 65.5 cm³/mol. The summed E-state index contributed by atoms with van der Waals surface area (Å²) in [6.45, 7) is 0. The minimum absolute atomic E-state index is 0.262. The van der Waals surface area contributed by atoms with Crippen LogP contribution >= 0.6 is 0 Å². The Morgan fingerprint density at radius 3 is 2.58 bits per heavy atom. The number of nitriles is 1. The van der Waals surface area contributed by atoms with E-state index in [4.69, 9.17) is 5.26 Å². The summed E-state index contributed by atoms with van der Waals surface area (Å²) in [5.74, 6) is -2.45. The Labute approximate surface area is 108 Å². The van der Waals surface area contributed by atoms with Crippen molar-refractivity contribution in [1.82, 2.24) is 0 Å². The van der Waals surface area contributed by atoms with Crippen LogP contribution < -0.4 is 5.32 Å². The highest BCUT2D eigenvalue weighted by Crippen LogP contribution is 2.16. The second kappa shape index (κ2) is 5.27. The first-order chi connectivity index (χ1) is 9.11. The molecule has 0 atom stereocenters. The lowest BCUT2D eigenvalue weighted by Crippen LogP contribution is -2.14. The summed E-state index contributed by atoms with van der Waals surface area (Å²) in [5, 5.41) is 11.3. The van der Waals surface area contributed by atoms with Crippen LogP contribution in [-0.4, -0.2) is 5.91 Å². The quantitative estimate of drug-likeness (QED) is 0.899. The van der Waals surface area contributed by atoms with Crippen LogP contribution in [0.2, 0.25) is 0 Å². The molecule has 0 aromatic heterocycles. The van der Waals surface area contributed by atoms with Crippen LogP contribution in [0.4, 0.5) is 14.5 Å². The second-order valence-electron chi connectivity index (χ2n) is 3.74. The normalized spacial score (nSPS) is 9.74. The largest absolute Gasteiger partial charge is 0.321 e. The van der Waals surface area contributed by atoms with Crippen LogP contribution in [0.25, 0.3) is 0 Å². The molecule has 2 aromatic rings. The molecule has 0 spiro atoms. The van der Waals surface area contributed by atoms with Crippen LogP contribution in [0.3, 0.4) is 0 Å². The van der Waals surface area contributed by atoms with Crippen molar-refractivity contribution >= 4 is 11.6 Å². The summed E-state index contributed by atoms with van der Waals surface area (Å²) in [5.41, 5.74) is 0.256. The first-order valence-electron chi connectivity index (χ1n) is 5.37. The molecule has 0 fully saturated rings. The zero-order chi connectivity index (χ0) is 13.8. The number of amides is 1. The number of benzene rings is 2. The summed E-state index contributed by atoms with van der Waals surface area (Å²) in [4.78, 5) is 11.8. The maximum absolute atomic E-state index is 13.4. The number of carbonyl (C=O) groups excluding carboxylic acids is 1. The van der Waals surface area contributed by atoms with Gasteiger partial charge in [-0.15, -0.1) is 0 Å². The Kier molecular flexibility index (Phi) is 3.53. The first kappa shape index (κ1) is 12.7. The van der Waals surface area contributed by atoms with Crippen molar-refractivity contribution in [2.24, 2.45) is 0 Å². The zero-order valence-corrected chi connectivity index (χ0v) is 9.65. The van der Waals surface area contributed by atoms with Crippen molar-refractivity contribution in [3.05, 3.63) is 65.2 Å². The third-order valence-electron chi connectivity index (χ3n) is 2.47. The third kappa shape index (κ3) is 2.75. The van der Waals surface area contributed by atoms with Crippen LogP contribution in [0.15, 0.2) is 42.5 Å². The minimum Gasteiger partial charge on any atom is -0.321 e. The molecule has 0 aliphatic rings. The van der Waals surface area contributed by atoms with Gasteiger partial charge in [0.15, 0.2) is 0 Å². The molecule has 0 saturated heterocycles. The minimum atomic E-state index is -0.952. The van der Waals surface area contributed by atoms with E-state index >= 15 is 0 Å². The van der Waals surface area contributed by atoms with Gasteiger partial charge in [0.25, 0.3) is 5.91 Å². The van der Waals surface area contributed by atoms with Gasteiger partial charge in [-0.25, -0.2) is 8.78 Å². The molecule has 1 amide bonds. The molecule has 5 heteroatoms. The first-order valence-corrected chi connectivity index (χ1v) is 5.37. The SMILES string of the molecule is N#Cc1ccccc1NC(=O)c1ccc(F)cc1F. The third-order valence-corrected chi connectivity index (χ3v) is 2.47. The number of rotatable bonds is 2. The predicted octanol–water partition coefficient (Wildman–Crippen LogP) is 3.09. The van der Waals surface area contributed by atoms with E-state index in [2.05, 4.69) is 5.32 Å². The highest BCUT2D eigenvalue weighted by molar-refractivity contribution is 6.05.